The molecule has 12 aromatic carbocycles. The first-order valence-electron chi connectivity index (χ1n) is 31.1. The standard InChI is InChI=1S/C83H62N4O2/c1-81(2,3)51-31-35-53(36-32-51)86(75-29-15-26-66-64-24-13-17-49(47-84)77(64)88-79(66)75)55-39-41-62-63-42-40-56(87(54-37-33-52(34-38-54)82(4,5)6)76-30-16-27-67-65-25-14-18-50(48-85)78(65)89-80(67)76)44-73(63)83(72(62)43-55)71-28-12-11-23-61(71)70-45-68-59-21-9-7-19-57(59)58-20-8-10-22-60(58)69(68)46-74(70)83/h7-15,17-29,31-46,76,80H,16,30H2,1-6H3. The fourth-order valence-corrected chi connectivity index (χ4v) is 15.8. The monoisotopic (exact) mass is 1150 g/mol. The second-order valence-corrected chi connectivity index (χ2v) is 26.8. The SMILES string of the molecule is CC(C)(C)c1ccc(N(c2ccc3c(c2)C2(c4ccccc4-c4cc5c6ccccc6c6ccccc6c5cc42)c2cc(N(c4ccc(C(C)(C)C)cc4)C4CCC=C5c6cccc(C#N)c6OC54)ccc2-3)c2cccc3c2oc2c(C#N)cccc23)cc1. The zero-order valence-corrected chi connectivity index (χ0v) is 50.6. The quantitative estimate of drug-likeness (QED) is 0.154. The molecule has 3 aliphatic carbocycles. The summed E-state index contributed by atoms with van der Waals surface area (Å²) in [6, 6.07) is 87.6. The van der Waals surface area contributed by atoms with E-state index < -0.39 is 5.41 Å². The van der Waals surface area contributed by atoms with Crippen LogP contribution in [0.3, 0.4) is 0 Å². The van der Waals surface area contributed by atoms with E-state index in [0.717, 1.165) is 63.2 Å². The number of nitriles is 2. The Bertz CT molecular complexity index is 5310. The van der Waals surface area contributed by atoms with Gasteiger partial charge in [-0.2, -0.15) is 10.5 Å². The summed E-state index contributed by atoms with van der Waals surface area (Å²) in [7, 11) is 0. The second kappa shape index (κ2) is 19.2. The van der Waals surface area contributed by atoms with Crippen molar-refractivity contribution in [2.45, 2.75) is 82.8 Å². The number of anilines is 5. The molecule has 0 radical (unpaired) electrons. The summed E-state index contributed by atoms with van der Waals surface area (Å²) >= 11 is 0. The van der Waals surface area contributed by atoms with Crippen LogP contribution in [-0.2, 0) is 16.2 Å². The predicted molar refractivity (Wildman–Crippen MR) is 364 cm³/mol. The first kappa shape index (κ1) is 52.7. The molecule has 426 valence electrons. The highest BCUT2D eigenvalue weighted by molar-refractivity contribution is 6.26. The maximum absolute atomic E-state index is 10.4. The summed E-state index contributed by atoms with van der Waals surface area (Å²) in [6.45, 7) is 13.6. The molecule has 0 bridgehead atoms. The van der Waals surface area contributed by atoms with Gasteiger partial charge in [0, 0.05) is 44.7 Å². The van der Waals surface area contributed by atoms with Crippen molar-refractivity contribution >= 4 is 88.3 Å². The molecule has 3 unspecified atom stereocenters. The van der Waals surface area contributed by atoms with Crippen molar-refractivity contribution in [3.8, 4) is 40.1 Å². The normalized spacial score (nSPS) is 17.0. The van der Waals surface area contributed by atoms with Gasteiger partial charge in [-0.05, 0) is 190 Å². The van der Waals surface area contributed by atoms with Crippen LogP contribution < -0.4 is 14.5 Å². The van der Waals surface area contributed by atoms with Crippen LogP contribution in [0.4, 0.5) is 28.4 Å². The Morgan fingerprint density at radius 2 is 0.933 bits per heavy atom. The minimum atomic E-state index is -0.820. The van der Waals surface area contributed by atoms with Gasteiger partial charge in [0.2, 0.25) is 0 Å². The third-order valence-corrected chi connectivity index (χ3v) is 19.9. The number of rotatable bonds is 6. The van der Waals surface area contributed by atoms with E-state index in [2.05, 4.69) is 270 Å². The molecule has 6 nitrogen and oxygen atoms in total. The van der Waals surface area contributed by atoms with Crippen molar-refractivity contribution in [1.82, 2.24) is 0 Å². The van der Waals surface area contributed by atoms with Gasteiger partial charge in [-0.25, -0.2) is 0 Å². The molecule has 0 saturated heterocycles. The number of para-hydroxylation sites is 3. The molecule has 4 aliphatic rings. The third-order valence-electron chi connectivity index (χ3n) is 19.9. The number of hydrogen-bond donors (Lipinski definition) is 0. The number of allylic oxidation sites excluding steroid dienone is 1. The molecule has 2 heterocycles. The van der Waals surface area contributed by atoms with E-state index in [0.29, 0.717) is 28.0 Å². The maximum atomic E-state index is 10.4. The highest BCUT2D eigenvalue weighted by Gasteiger charge is 2.53. The van der Waals surface area contributed by atoms with Gasteiger partial charge in [0.1, 0.15) is 24.0 Å². The Balaban J connectivity index is 0.951. The lowest BCUT2D eigenvalue weighted by molar-refractivity contribution is 0.230. The van der Waals surface area contributed by atoms with Gasteiger partial charge < -0.3 is 19.0 Å². The number of benzene rings is 12. The average molecular weight is 1150 g/mol. The topological polar surface area (TPSA) is 76.4 Å². The Hall–Kier alpha value is -10.7. The zero-order chi connectivity index (χ0) is 60.2. The first-order valence-corrected chi connectivity index (χ1v) is 31.1. The van der Waals surface area contributed by atoms with Crippen LogP contribution in [-0.4, -0.2) is 12.1 Å². The smallest absolute Gasteiger partial charge is 0.159 e. The molecule has 3 atom stereocenters. The lowest BCUT2D eigenvalue weighted by Gasteiger charge is -2.40. The van der Waals surface area contributed by atoms with Crippen molar-refractivity contribution in [1.29, 1.82) is 10.5 Å². The zero-order valence-electron chi connectivity index (χ0n) is 50.6. The fraction of sp³-hybridized carbons (Fsp3) is 0.157. The van der Waals surface area contributed by atoms with E-state index in [4.69, 9.17) is 9.15 Å². The van der Waals surface area contributed by atoms with Gasteiger partial charge in [-0.15, -0.1) is 0 Å². The molecular weight excluding hydrogens is 1080 g/mol. The van der Waals surface area contributed by atoms with Gasteiger partial charge in [0.15, 0.2) is 11.2 Å². The molecule has 17 rings (SSSR count). The van der Waals surface area contributed by atoms with Crippen LogP contribution in [0.2, 0.25) is 0 Å². The number of furan rings is 1. The third kappa shape index (κ3) is 7.60. The van der Waals surface area contributed by atoms with Crippen molar-refractivity contribution in [2.24, 2.45) is 0 Å². The predicted octanol–water partition coefficient (Wildman–Crippen LogP) is 21.3. The van der Waals surface area contributed by atoms with E-state index in [-0.39, 0.29) is 23.0 Å². The first-order chi connectivity index (χ1) is 43.3. The molecule has 89 heavy (non-hydrogen) atoms. The Morgan fingerprint density at radius 1 is 0.427 bits per heavy atom. The highest BCUT2D eigenvalue weighted by atomic mass is 16.5. The Morgan fingerprint density at radius 3 is 1.60 bits per heavy atom. The minimum absolute atomic E-state index is 0.0470. The van der Waals surface area contributed by atoms with Gasteiger partial charge in [0.05, 0.1) is 28.3 Å². The average Bonchev–Trinajstić information content (AvgIpc) is 1.52. The van der Waals surface area contributed by atoms with Crippen LogP contribution >= 0.6 is 0 Å². The fourth-order valence-electron chi connectivity index (χ4n) is 15.8. The molecular formula is C83H62N4O2. The highest BCUT2D eigenvalue weighted by Crippen LogP contribution is 2.65. The molecule has 0 saturated carbocycles. The minimum Gasteiger partial charge on any atom is -0.482 e. The summed E-state index contributed by atoms with van der Waals surface area (Å²) in [6.07, 6.45) is 3.73. The Labute approximate surface area is 518 Å². The van der Waals surface area contributed by atoms with Crippen molar-refractivity contribution < 1.29 is 9.15 Å². The van der Waals surface area contributed by atoms with Gasteiger partial charge in [-0.1, -0.05) is 193 Å². The van der Waals surface area contributed by atoms with Crippen LogP contribution in [0, 0.1) is 22.7 Å². The molecule has 0 N–H and O–H groups in total. The molecule has 0 fully saturated rings. The molecule has 1 spiro atoms. The number of nitrogens with zero attached hydrogens (tertiary/aromatic N) is 4. The summed E-state index contributed by atoms with van der Waals surface area (Å²) < 4.78 is 14.1. The summed E-state index contributed by atoms with van der Waals surface area (Å²) in [5, 5.41) is 30.1. The van der Waals surface area contributed by atoms with Crippen LogP contribution in [0.1, 0.15) is 104 Å². The van der Waals surface area contributed by atoms with Crippen LogP contribution in [0.15, 0.2) is 235 Å². The summed E-state index contributed by atoms with van der Waals surface area (Å²) in [4.78, 5) is 4.92. The molecule has 0 amide bonds. The van der Waals surface area contributed by atoms with Crippen LogP contribution in [0.5, 0.6) is 5.75 Å². The van der Waals surface area contributed by atoms with E-state index in [1.165, 1.54) is 88.0 Å². The van der Waals surface area contributed by atoms with Crippen LogP contribution in [0.25, 0.3) is 82.1 Å². The van der Waals surface area contributed by atoms with E-state index in [1.54, 1.807) is 0 Å². The lowest BCUT2D eigenvalue weighted by Crippen LogP contribution is -2.44. The van der Waals surface area contributed by atoms with Gasteiger partial charge in [-0.3, -0.25) is 0 Å². The second-order valence-electron chi connectivity index (χ2n) is 26.8. The van der Waals surface area contributed by atoms with Gasteiger partial charge in [0.25, 0.3) is 0 Å². The summed E-state index contributed by atoms with van der Waals surface area (Å²) in [5.74, 6) is 0.676. The molecule has 1 aliphatic heterocycles. The largest absolute Gasteiger partial charge is 0.482 e. The van der Waals surface area contributed by atoms with E-state index in [1.807, 2.05) is 24.3 Å². The Kier molecular flexibility index (Phi) is 11.3. The van der Waals surface area contributed by atoms with E-state index >= 15 is 0 Å². The number of hydrogen-bond acceptors (Lipinski definition) is 6. The molecule has 6 heteroatoms. The van der Waals surface area contributed by atoms with Crippen molar-refractivity contribution in [2.75, 3.05) is 9.80 Å². The van der Waals surface area contributed by atoms with Gasteiger partial charge >= 0.3 is 0 Å². The van der Waals surface area contributed by atoms with Crippen molar-refractivity contribution in [3.63, 3.8) is 0 Å². The van der Waals surface area contributed by atoms with E-state index in [9.17, 15) is 10.5 Å². The molecule has 1 aromatic heterocycles. The molecule has 13 aromatic rings. The number of fused-ring (bicyclic) bond motifs is 22. The van der Waals surface area contributed by atoms with Crippen molar-refractivity contribution in [3.05, 3.63) is 281 Å². The lowest BCUT2D eigenvalue weighted by atomic mass is 9.70. The number of ether oxygens (including phenoxy) is 1. The summed E-state index contributed by atoms with van der Waals surface area (Å²) in [5.41, 5.74) is 20.8. The maximum Gasteiger partial charge on any atom is 0.159 e.